The van der Waals surface area contributed by atoms with Crippen molar-refractivity contribution in [3.05, 3.63) is 88.1 Å². The van der Waals surface area contributed by atoms with Gasteiger partial charge in [-0.1, -0.05) is 18.2 Å². The van der Waals surface area contributed by atoms with Crippen molar-refractivity contribution in [2.75, 3.05) is 10.6 Å². The topological polar surface area (TPSA) is 93.1 Å². The van der Waals surface area contributed by atoms with Crippen molar-refractivity contribution in [1.29, 1.82) is 0 Å². The monoisotopic (exact) mass is 394 g/mol. The number of aryl methyl sites for hydroxylation is 2. The van der Waals surface area contributed by atoms with Gasteiger partial charge in [0.05, 0.1) is 6.54 Å². The summed E-state index contributed by atoms with van der Waals surface area (Å²) in [5.74, 6) is -1.33. The first kappa shape index (κ1) is 19.9. The van der Waals surface area contributed by atoms with Gasteiger partial charge in [-0.05, 0) is 48.9 Å². The normalized spacial score (nSPS) is 10.4. The van der Waals surface area contributed by atoms with Crippen LogP contribution in [0.25, 0.3) is 0 Å². The maximum absolute atomic E-state index is 13.2. The van der Waals surface area contributed by atoms with Crippen LogP contribution < -0.4 is 16.2 Å². The van der Waals surface area contributed by atoms with E-state index in [1.165, 1.54) is 30.3 Å². The second-order valence-corrected chi connectivity index (χ2v) is 6.41. The molecule has 0 radical (unpaired) electrons. The van der Waals surface area contributed by atoms with E-state index in [1.54, 1.807) is 12.1 Å². The van der Waals surface area contributed by atoms with E-state index in [9.17, 15) is 18.8 Å². The number of carbonyl (C=O) groups is 2. The Hall–Kier alpha value is -3.81. The lowest BCUT2D eigenvalue weighted by Gasteiger charge is -2.09. The third-order valence-corrected chi connectivity index (χ3v) is 4.03. The van der Waals surface area contributed by atoms with Gasteiger partial charge in [0.25, 0.3) is 11.5 Å². The molecule has 0 saturated heterocycles. The first-order valence-corrected chi connectivity index (χ1v) is 8.92. The third-order valence-electron chi connectivity index (χ3n) is 4.03. The van der Waals surface area contributed by atoms with Gasteiger partial charge in [-0.2, -0.15) is 5.10 Å². The molecule has 2 amide bonds. The molecular formula is C21H19FN4O3. The van der Waals surface area contributed by atoms with Crippen LogP contribution in [0, 0.1) is 12.7 Å². The van der Waals surface area contributed by atoms with Gasteiger partial charge in [0, 0.05) is 23.9 Å². The molecule has 8 heteroatoms. The van der Waals surface area contributed by atoms with Gasteiger partial charge in [-0.25, -0.2) is 9.07 Å². The Balaban J connectivity index is 1.65. The minimum atomic E-state index is -0.465. The number of rotatable bonds is 6. The lowest BCUT2D eigenvalue weighted by molar-refractivity contribution is -0.116. The maximum Gasteiger partial charge on any atom is 0.276 e. The van der Waals surface area contributed by atoms with E-state index in [0.717, 1.165) is 10.2 Å². The first-order chi connectivity index (χ1) is 13.9. The maximum atomic E-state index is 13.2. The van der Waals surface area contributed by atoms with Crippen LogP contribution in [-0.4, -0.2) is 21.6 Å². The number of carbonyl (C=O) groups excluding carboxylic acids is 2. The number of hydrogen-bond acceptors (Lipinski definition) is 4. The fraction of sp³-hybridized carbons (Fsp3) is 0.143. The van der Waals surface area contributed by atoms with Crippen molar-refractivity contribution < 1.29 is 14.0 Å². The molecule has 0 aliphatic carbocycles. The van der Waals surface area contributed by atoms with Gasteiger partial charge in [-0.15, -0.1) is 0 Å². The van der Waals surface area contributed by atoms with Gasteiger partial charge >= 0.3 is 0 Å². The molecule has 0 aliphatic heterocycles. The van der Waals surface area contributed by atoms with Crippen LogP contribution in [0.5, 0.6) is 0 Å². The number of nitrogens with one attached hydrogen (secondary N) is 2. The Morgan fingerprint density at radius 2 is 1.72 bits per heavy atom. The smallest absolute Gasteiger partial charge is 0.276 e. The highest BCUT2D eigenvalue weighted by molar-refractivity contribution is 6.02. The summed E-state index contributed by atoms with van der Waals surface area (Å²) in [6.07, 6.45) is -0.0631. The standard InChI is InChI=1S/C21H19FN4O3/c1-14-4-2-6-16(12-14)24-21(29)18-8-9-20(28)26(25-18)11-10-19(27)23-17-7-3-5-15(22)13-17/h2-9,12-13H,10-11H2,1H3,(H,23,27)(H,24,29). The molecule has 3 aromatic rings. The van der Waals surface area contributed by atoms with Crippen LogP contribution in [0.4, 0.5) is 15.8 Å². The Morgan fingerprint density at radius 3 is 2.45 bits per heavy atom. The number of nitrogens with zero attached hydrogens (tertiary/aromatic N) is 2. The highest BCUT2D eigenvalue weighted by atomic mass is 19.1. The average Bonchev–Trinajstić information content (AvgIpc) is 2.67. The van der Waals surface area contributed by atoms with Gasteiger partial charge in [0.2, 0.25) is 5.91 Å². The summed E-state index contributed by atoms with van der Waals surface area (Å²) in [7, 11) is 0. The summed E-state index contributed by atoms with van der Waals surface area (Å²) in [6, 6.07) is 15.3. The fourth-order valence-electron chi connectivity index (χ4n) is 2.65. The van der Waals surface area contributed by atoms with E-state index < -0.39 is 23.2 Å². The molecule has 1 heterocycles. The quantitative estimate of drug-likeness (QED) is 0.672. The van der Waals surface area contributed by atoms with Crippen molar-refractivity contribution in [2.45, 2.75) is 19.9 Å². The van der Waals surface area contributed by atoms with Crippen LogP contribution >= 0.6 is 0 Å². The summed E-state index contributed by atoms with van der Waals surface area (Å²) in [6.45, 7) is 1.88. The number of aromatic nitrogens is 2. The highest BCUT2D eigenvalue weighted by Gasteiger charge is 2.11. The molecule has 29 heavy (non-hydrogen) atoms. The van der Waals surface area contributed by atoms with E-state index in [1.807, 2.05) is 25.1 Å². The molecule has 2 N–H and O–H groups in total. The minimum Gasteiger partial charge on any atom is -0.326 e. The zero-order valence-electron chi connectivity index (χ0n) is 15.7. The molecule has 0 fully saturated rings. The van der Waals surface area contributed by atoms with Gasteiger partial charge in [0.1, 0.15) is 11.5 Å². The third kappa shape index (κ3) is 5.58. The van der Waals surface area contributed by atoms with Crippen molar-refractivity contribution in [2.24, 2.45) is 0 Å². The van der Waals surface area contributed by atoms with E-state index in [4.69, 9.17) is 0 Å². The molecule has 0 atom stereocenters. The van der Waals surface area contributed by atoms with E-state index >= 15 is 0 Å². The molecule has 3 rings (SSSR count). The SMILES string of the molecule is Cc1cccc(NC(=O)c2ccc(=O)n(CCC(=O)Nc3cccc(F)c3)n2)c1. The summed E-state index contributed by atoms with van der Waals surface area (Å²) in [4.78, 5) is 36.4. The van der Waals surface area contributed by atoms with Gasteiger partial charge in [0.15, 0.2) is 0 Å². The molecule has 0 spiro atoms. The minimum absolute atomic E-state index is 0.0223. The lowest BCUT2D eigenvalue weighted by atomic mass is 10.2. The van der Waals surface area contributed by atoms with Crippen molar-refractivity contribution in [3.8, 4) is 0 Å². The second-order valence-electron chi connectivity index (χ2n) is 6.41. The Bertz CT molecular complexity index is 1110. The zero-order chi connectivity index (χ0) is 20.8. The molecule has 2 aromatic carbocycles. The van der Waals surface area contributed by atoms with Crippen LogP contribution in [0.2, 0.25) is 0 Å². The lowest BCUT2D eigenvalue weighted by Crippen LogP contribution is -2.28. The molecule has 0 bridgehead atoms. The Morgan fingerprint density at radius 1 is 1.00 bits per heavy atom. The first-order valence-electron chi connectivity index (χ1n) is 8.92. The second kappa shape index (κ2) is 8.92. The van der Waals surface area contributed by atoms with Crippen molar-refractivity contribution in [1.82, 2.24) is 9.78 Å². The Labute approximate surface area is 166 Å². The van der Waals surface area contributed by atoms with Crippen LogP contribution in [0.15, 0.2) is 65.5 Å². The molecule has 0 unspecified atom stereocenters. The number of amides is 2. The largest absolute Gasteiger partial charge is 0.326 e. The van der Waals surface area contributed by atoms with Crippen LogP contribution in [0.3, 0.4) is 0 Å². The van der Waals surface area contributed by atoms with Crippen LogP contribution in [0.1, 0.15) is 22.5 Å². The van der Waals surface area contributed by atoms with E-state index in [-0.39, 0.29) is 18.7 Å². The summed E-state index contributed by atoms with van der Waals surface area (Å²) >= 11 is 0. The average molecular weight is 394 g/mol. The number of halogens is 1. The van der Waals surface area contributed by atoms with Crippen molar-refractivity contribution in [3.63, 3.8) is 0 Å². The molecule has 0 saturated carbocycles. The molecule has 1 aromatic heterocycles. The van der Waals surface area contributed by atoms with Crippen LogP contribution in [-0.2, 0) is 11.3 Å². The zero-order valence-corrected chi connectivity index (χ0v) is 15.7. The predicted molar refractivity (Wildman–Crippen MR) is 107 cm³/mol. The molecule has 0 aliphatic rings. The highest BCUT2D eigenvalue weighted by Crippen LogP contribution is 2.11. The summed E-state index contributed by atoms with van der Waals surface area (Å²) < 4.78 is 14.2. The predicted octanol–water partition coefficient (Wildman–Crippen LogP) is 2.97. The van der Waals surface area contributed by atoms with E-state index in [2.05, 4.69) is 15.7 Å². The summed E-state index contributed by atoms with van der Waals surface area (Å²) in [5.41, 5.74) is 1.54. The number of benzene rings is 2. The fourth-order valence-corrected chi connectivity index (χ4v) is 2.65. The molecule has 148 valence electrons. The van der Waals surface area contributed by atoms with Gasteiger partial charge in [-0.3, -0.25) is 14.4 Å². The van der Waals surface area contributed by atoms with Crippen molar-refractivity contribution >= 4 is 23.2 Å². The van der Waals surface area contributed by atoms with Gasteiger partial charge < -0.3 is 10.6 Å². The molecule has 7 nitrogen and oxygen atoms in total. The number of anilines is 2. The number of hydrogen-bond donors (Lipinski definition) is 2. The Kier molecular flexibility index (Phi) is 6.13. The van der Waals surface area contributed by atoms with E-state index in [0.29, 0.717) is 11.4 Å². The summed E-state index contributed by atoms with van der Waals surface area (Å²) in [5, 5.41) is 9.30. The molecular weight excluding hydrogens is 375 g/mol.